The lowest BCUT2D eigenvalue weighted by molar-refractivity contribution is 0.0520. The summed E-state index contributed by atoms with van der Waals surface area (Å²) >= 11 is 0. The molecule has 0 atom stereocenters. The van der Waals surface area contributed by atoms with Crippen molar-refractivity contribution in [3.05, 3.63) is 66.2 Å². The number of esters is 1. The average Bonchev–Trinajstić information content (AvgIpc) is 3.16. The molecule has 30 heavy (non-hydrogen) atoms. The Balaban J connectivity index is 1.63. The Morgan fingerprint density at radius 3 is 2.83 bits per heavy atom. The molecule has 8 nitrogen and oxygen atoms in total. The first-order valence-corrected chi connectivity index (χ1v) is 9.18. The Kier molecular flexibility index (Phi) is 5.17. The molecule has 0 unspecified atom stereocenters. The Morgan fingerprint density at radius 2 is 2.03 bits per heavy atom. The van der Waals surface area contributed by atoms with Crippen molar-refractivity contribution in [2.45, 2.75) is 6.92 Å². The number of aromatic amines is 1. The number of carbonyl (C=O) groups excluding carboxylic acids is 1. The molecular weight excluding hydrogens is 389 g/mol. The Hall–Kier alpha value is -4.14. The van der Waals surface area contributed by atoms with Crippen molar-refractivity contribution in [3.8, 4) is 5.75 Å². The van der Waals surface area contributed by atoms with Crippen molar-refractivity contribution in [3.63, 3.8) is 0 Å². The van der Waals surface area contributed by atoms with Crippen LogP contribution in [-0.4, -0.2) is 32.6 Å². The van der Waals surface area contributed by atoms with Crippen molar-refractivity contribution in [1.82, 2.24) is 15.0 Å². The topological polar surface area (TPSA) is 112 Å². The van der Waals surface area contributed by atoms with E-state index in [4.69, 9.17) is 4.74 Å². The Labute approximate surface area is 170 Å². The maximum atomic E-state index is 14.2. The number of ether oxygens (including phenoxy) is 1. The highest BCUT2D eigenvalue weighted by molar-refractivity contribution is 5.99. The van der Waals surface area contributed by atoms with E-state index in [2.05, 4.69) is 25.6 Å². The van der Waals surface area contributed by atoms with Gasteiger partial charge in [-0.2, -0.15) is 4.98 Å². The number of phenols is 1. The van der Waals surface area contributed by atoms with E-state index in [0.717, 1.165) is 11.6 Å². The summed E-state index contributed by atoms with van der Waals surface area (Å²) in [4.78, 5) is 23.2. The van der Waals surface area contributed by atoms with E-state index in [0.29, 0.717) is 22.6 Å². The van der Waals surface area contributed by atoms with Crippen molar-refractivity contribution >= 4 is 40.0 Å². The van der Waals surface area contributed by atoms with Crippen LogP contribution in [0.2, 0.25) is 0 Å². The quantitative estimate of drug-likeness (QED) is 0.349. The number of hydrogen-bond acceptors (Lipinski definition) is 7. The van der Waals surface area contributed by atoms with Crippen LogP contribution < -0.4 is 10.6 Å². The van der Waals surface area contributed by atoms with Gasteiger partial charge in [0.25, 0.3) is 0 Å². The van der Waals surface area contributed by atoms with Crippen molar-refractivity contribution < 1.29 is 19.0 Å². The van der Waals surface area contributed by atoms with Crippen LogP contribution in [0.4, 0.5) is 27.5 Å². The van der Waals surface area contributed by atoms with Gasteiger partial charge in [0.05, 0.1) is 24.0 Å². The van der Waals surface area contributed by atoms with E-state index < -0.39 is 11.8 Å². The van der Waals surface area contributed by atoms with Crippen LogP contribution in [0.25, 0.3) is 10.9 Å². The Morgan fingerprint density at radius 1 is 1.20 bits per heavy atom. The molecule has 9 heteroatoms. The number of H-pyrrole nitrogens is 1. The maximum Gasteiger partial charge on any atom is 0.354 e. The normalized spacial score (nSPS) is 10.7. The molecule has 0 radical (unpaired) electrons. The second-order valence-electron chi connectivity index (χ2n) is 6.36. The third kappa shape index (κ3) is 4.00. The summed E-state index contributed by atoms with van der Waals surface area (Å²) in [6.07, 6.45) is 1.04. The number of aromatic hydroxyl groups is 1. The largest absolute Gasteiger partial charge is 0.508 e. The third-order valence-corrected chi connectivity index (χ3v) is 4.25. The van der Waals surface area contributed by atoms with Crippen LogP contribution in [-0.2, 0) is 4.74 Å². The number of anilines is 4. The minimum atomic E-state index is -0.647. The van der Waals surface area contributed by atoms with Gasteiger partial charge < -0.3 is 25.5 Å². The van der Waals surface area contributed by atoms with Crippen LogP contribution >= 0.6 is 0 Å². The predicted molar refractivity (Wildman–Crippen MR) is 111 cm³/mol. The molecule has 0 bridgehead atoms. The predicted octanol–water partition coefficient (Wildman–Crippen LogP) is 4.47. The van der Waals surface area contributed by atoms with Crippen molar-refractivity contribution in [1.29, 1.82) is 0 Å². The number of phenolic OH excluding ortho intramolecular Hbond substituents is 1. The fourth-order valence-corrected chi connectivity index (χ4v) is 2.94. The zero-order chi connectivity index (χ0) is 21.1. The first-order chi connectivity index (χ1) is 14.5. The first-order valence-electron chi connectivity index (χ1n) is 9.18. The number of fused-ring (bicyclic) bond motifs is 1. The number of benzene rings is 2. The summed E-state index contributed by atoms with van der Waals surface area (Å²) in [7, 11) is 0. The van der Waals surface area contributed by atoms with Crippen LogP contribution in [0, 0.1) is 5.82 Å². The van der Waals surface area contributed by atoms with Crippen molar-refractivity contribution in [2.75, 3.05) is 17.2 Å². The van der Waals surface area contributed by atoms with E-state index in [9.17, 15) is 14.3 Å². The lowest BCUT2D eigenvalue weighted by Crippen LogP contribution is -2.05. The first kappa shape index (κ1) is 19.2. The molecule has 4 N–H and O–H groups in total. The van der Waals surface area contributed by atoms with E-state index in [1.165, 1.54) is 12.1 Å². The summed E-state index contributed by atoms with van der Waals surface area (Å²) in [5.74, 6) is -0.951. The number of para-hydroxylation sites is 1. The van der Waals surface area contributed by atoms with Gasteiger partial charge in [-0.25, -0.2) is 14.2 Å². The molecule has 0 saturated heterocycles. The molecule has 0 aliphatic heterocycles. The summed E-state index contributed by atoms with van der Waals surface area (Å²) in [5.41, 5.74) is 2.07. The van der Waals surface area contributed by atoms with Gasteiger partial charge in [0.1, 0.15) is 11.4 Å². The fourth-order valence-electron chi connectivity index (χ4n) is 2.94. The summed E-state index contributed by atoms with van der Waals surface area (Å²) in [6.45, 7) is 2.01. The summed E-state index contributed by atoms with van der Waals surface area (Å²) in [5, 5.41) is 16.2. The molecule has 0 saturated carbocycles. The zero-order valence-corrected chi connectivity index (χ0v) is 15.9. The molecule has 0 aliphatic carbocycles. The maximum absolute atomic E-state index is 14.2. The van der Waals surface area contributed by atoms with E-state index in [-0.39, 0.29) is 24.1 Å². The molecule has 152 valence electrons. The van der Waals surface area contributed by atoms with Gasteiger partial charge >= 0.3 is 5.97 Å². The number of hydrogen-bond donors (Lipinski definition) is 4. The monoisotopic (exact) mass is 407 g/mol. The van der Waals surface area contributed by atoms with Crippen LogP contribution in [0.1, 0.15) is 17.4 Å². The van der Waals surface area contributed by atoms with Gasteiger partial charge in [0.2, 0.25) is 5.95 Å². The number of carbonyl (C=O) groups is 1. The summed E-state index contributed by atoms with van der Waals surface area (Å²) in [6, 6.07) is 13.4. The molecule has 2 aromatic carbocycles. The van der Waals surface area contributed by atoms with E-state index >= 15 is 0 Å². The standard InChI is InChI=1S/C21H18FN5O3/c1-2-30-20(29)17-9-12-5-3-8-16(18(12)25-17)26-21-23-11-15(22)19(27-21)24-13-6-4-7-14(28)10-13/h3-11,25,28H,2H2,1H3,(H2,23,24,26,27). The minimum absolute atomic E-state index is 0.0450. The van der Waals surface area contributed by atoms with Gasteiger partial charge in [-0.1, -0.05) is 18.2 Å². The molecule has 4 aromatic rings. The smallest absolute Gasteiger partial charge is 0.354 e. The lowest BCUT2D eigenvalue weighted by Gasteiger charge is -2.10. The molecule has 0 aliphatic rings. The number of nitrogens with zero attached hydrogens (tertiary/aromatic N) is 2. The minimum Gasteiger partial charge on any atom is -0.508 e. The molecule has 2 heterocycles. The molecule has 0 amide bonds. The number of nitrogens with one attached hydrogen (secondary N) is 3. The average molecular weight is 407 g/mol. The van der Waals surface area contributed by atoms with Gasteiger partial charge in [0, 0.05) is 17.1 Å². The molecular formula is C21H18FN5O3. The molecule has 2 aromatic heterocycles. The highest BCUT2D eigenvalue weighted by atomic mass is 19.1. The van der Waals surface area contributed by atoms with Crippen LogP contribution in [0.3, 0.4) is 0 Å². The highest BCUT2D eigenvalue weighted by Crippen LogP contribution is 2.27. The highest BCUT2D eigenvalue weighted by Gasteiger charge is 2.14. The second-order valence-corrected chi connectivity index (χ2v) is 6.36. The molecule has 0 fully saturated rings. The third-order valence-electron chi connectivity index (χ3n) is 4.25. The van der Waals surface area contributed by atoms with Crippen molar-refractivity contribution in [2.24, 2.45) is 0 Å². The summed E-state index contributed by atoms with van der Waals surface area (Å²) < 4.78 is 19.2. The van der Waals surface area contributed by atoms with E-state index in [1.54, 1.807) is 31.2 Å². The number of halogens is 1. The SMILES string of the molecule is CCOC(=O)c1cc2cccc(Nc3ncc(F)c(Nc4cccc(O)c4)n3)c2[nH]1. The van der Waals surface area contributed by atoms with Crippen LogP contribution in [0.5, 0.6) is 5.75 Å². The second kappa shape index (κ2) is 8.08. The van der Waals surface area contributed by atoms with Gasteiger partial charge in [-0.05, 0) is 31.2 Å². The van der Waals surface area contributed by atoms with Gasteiger partial charge in [0.15, 0.2) is 11.6 Å². The van der Waals surface area contributed by atoms with Gasteiger partial charge in [-0.3, -0.25) is 0 Å². The zero-order valence-electron chi connectivity index (χ0n) is 15.9. The number of rotatable bonds is 6. The number of aromatic nitrogens is 3. The van der Waals surface area contributed by atoms with E-state index in [1.807, 2.05) is 12.1 Å². The van der Waals surface area contributed by atoms with Gasteiger partial charge in [-0.15, -0.1) is 0 Å². The molecule has 0 spiro atoms. The lowest BCUT2D eigenvalue weighted by atomic mass is 10.2. The Bertz CT molecular complexity index is 1220. The van der Waals surface area contributed by atoms with Crippen LogP contribution in [0.15, 0.2) is 54.7 Å². The molecule has 4 rings (SSSR count). The fraction of sp³-hybridized carbons (Fsp3) is 0.0952.